The summed E-state index contributed by atoms with van der Waals surface area (Å²) in [5.41, 5.74) is 2.75. The lowest BCUT2D eigenvalue weighted by Gasteiger charge is -2.09. The van der Waals surface area contributed by atoms with Crippen LogP contribution in [0.2, 0.25) is 0 Å². The van der Waals surface area contributed by atoms with Gasteiger partial charge in [-0.3, -0.25) is 0 Å². The van der Waals surface area contributed by atoms with E-state index in [4.69, 9.17) is 4.74 Å². The van der Waals surface area contributed by atoms with Crippen LogP contribution in [0.5, 0.6) is 5.75 Å². The Morgan fingerprint density at radius 2 is 1.86 bits per heavy atom. The van der Waals surface area contributed by atoms with Gasteiger partial charge in [-0.15, -0.1) is 0 Å². The van der Waals surface area contributed by atoms with Crippen molar-refractivity contribution in [1.29, 1.82) is 0 Å². The summed E-state index contributed by atoms with van der Waals surface area (Å²) in [6, 6.07) is 14.8. The van der Waals surface area contributed by atoms with Crippen molar-refractivity contribution in [2.24, 2.45) is 0 Å². The Hall–Kier alpha value is -1.85. The maximum atomic E-state index is 12.1. The summed E-state index contributed by atoms with van der Waals surface area (Å²) >= 11 is 0. The van der Waals surface area contributed by atoms with Gasteiger partial charge in [-0.25, -0.2) is 13.1 Å². The fraction of sp³-hybridized carbons (Fsp3) is 0.250. The van der Waals surface area contributed by atoms with Gasteiger partial charge in [0.25, 0.3) is 0 Å². The lowest BCUT2D eigenvalue weighted by Crippen LogP contribution is -2.25. The fourth-order valence-corrected chi connectivity index (χ4v) is 3.12. The third kappa shape index (κ3) is 4.58. The lowest BCUT2D eigenvalue weighted by atomic mass is 10.1. The second-order valence-electron chi connectivity index (χ2n) is 4.86. The van der Waals surface area contributed by atoms with Crippen LogP contribution in [0.3, 0.4) is 0 Å². The highest BCUT2D eigenvalue weighted by Crippen LogP contribution is 2.15. The van der Waals surface area contributed by atoms with Crippen molar-refractivity contribution in [2.75, 3.05) is 7.11 Å². The number of methoxy groups -OCH3 is 1. The first-order chi connectivity index (χ1) is 10.00. The molecule has 0 atom stereocenters. The number of rotatable bonds is 6. The van der Waals surface area contributed by atoms with Crippen LogP contribution in [0.4, 0.5) is 0 Å². The Labute approximate surface area is 125 Å². The first kappa shape index (κ1) is 15.5. The predicted molar refractivity (Wildman–Crippen MR) is 83.6 cm³/mol. The zero-order valence-electron chi connectivity index (χ0n) is 12.2. The molecule has 0 heterocycles. The van der Waals surface area contributed by atoms with Gasteiger partial charge >= 0.3 is 0 Å². The second-order valence-corrected chi connectivity index (χ2v) is 6.67. The number of hydrogen-bond donors (Lipinski definition) is 1. The fourth-order valence-electron chi connectivity index (χ4n) is 2.03. The van der Waals surface area contributed by atoms with Gasteiger partial charge in [0.15, 0.2) is 0 Å². The largest absolute Gasteiger partial charge is 0.497 e. The van der Waals surface area contributed by atoms with Crippen LogP contribution in [0.1, 0.15) is 16.7 Å². The molecule has 2 aromatic rings. The summed E-state index contributed by atoms with van der Waals surface area (Å²) in [6.45, 7) is 2.27. The van der Waals surface area contributed by atoms with Crippen molar-refractivity contribution in [3.63, 3.8) is 0 Å². The van der Waals surface area contributed by atoms with E-state index in [0.717, 1.165) is 11.1 Å². The molecule has 0 saturated heterocycles. The van der Waals surface area contributed by atoms with E-state index in [9.17, 15) is 8.42 Å². The van der Waals surface area contributed by atoms with E-state index in [1.165, 1.54) is 0 Å². The number of benzene rings is 2. The van der Waals surface area contributed by atoms with Crippen molar-refractivity contribution in [1.82, 2.24) is 4.72 Å². The van der Waals surface area contributed by atoms with Gasteiger partial charge in [-0.2, -0.15) is 0 Å². The van der Waals surface area contributed by atoms with Crippen LogP contribution in [0.25, 0.3) is 0 Å². The molecular formula is C16H19NO3S. The molecule has 0 fully saturated rings. The smallest absolute Gasteiger partial charge is 0.216 e. The molecule has 0 aromatic heterocycles. The van der Waals surface area contributed by atoms with Crippen molar-refractivity contribution in [2.45, 2.75) is 19.2 Å². The Morgan fingerprint density at radius 1 is 1.10 bits per heavy atom. The molecule has 0 aliphatic heterocycles. The molecule has 0 amide bonds. The Balaban J connectivity index is 2.03. The first-order valence-electron chi connectivity index (χ1n) is 6.65. The highest BCUT2D eigenvalue weighted by molar-refractivity contribution is 7.88. The lowest BCUT2D eigenvalue weighted by molar-refractivity contribution is 0.414. The minimum absolute atomic E-state index is 0.0594. The van der Waals surface area contributed by atoms with Gasteiger partial charge in [0.2, 0.25) is 10.0 Å². The molecule has 0 bridgehead atoms. The zero-order chi connectivity index (χ0) is 15.3. The van der Waals surface area contributed by atoms with Crippen LogP contribution >= 0.6 is 0 Å². The molecule has 4 nitrogen and oxygen atoms in total. The molecule has 21 heavy (non-hydrogen) atoms. The standard InChI is InChI=1S/C16H19NO3S/c1-13-6-3-4-8-15(13)11-17-21(18,19)12-14-7-5-9-16(10-14)20-2/h3-10,17H,11-12H2,1-2H3. The molecule has 2 rings (SSSR count). The third-order valence-electron chi connectivity index (χ3n) is 3.23. The third-order valence-corrected chi connectivity index (χ3v) is 4.53. The Bertz CT molecular complexity index is 711. The quantitative estimate of drug-likeness (QED) is 0.892. The monoisotopic (exact) mass is 305 g/mol. The molecule has 0 saturated carbocycles. The number of nitrogens with one attached hydrogen (secondary N) is 1. The molecule has 112 valence electrons. The van der Waals surface area contributed by atoms with Crippen molar-refractivity contribution in [3.8, 4) is 5.75 Å². The Kier molecular flexibility index (Phi) is 4.98. The molecule has 0 unspecified atom stereocenters. The molecule has 0 aliphatic rings. The summed E-state index contributed by atoms with van der Waals surface area (Å²) < 4.78 is 32.0. The summed E-state index contributed by atoms with van der Waals surface area (Å²) in [6.07, 6.45) is 0. The van der Waals surface area contributed by atoms with Gasteiger partial charge < -0.3 is 4.74 Å². The molecule has 0 aliphatic carbocycles. The summed E-state index contributed by atoms with van der Waals surface area (Å²) in [5.74, 6) is 0.595. The number of sulfonamides is 1. The number of aryl methyl sites for hydroxylation is 1. The predicted octanol–water partition coefficient (Wildman–Crippen LogP) is 2.62. The van der Waals surface area contributed by atoms with Crippen LogP contribution in [-0.4, -0.2) is 15.5 Å². The zero-order valence-corrected chi connectivity index (χ0v) is 13.0. The van der Waals surface area contributed by atoms with Crippen LogP contribution < -0.4 is 9.46 Å². The molecule has 1 N–H and O–H groups in total. The van der Waals surface area contributed by atoms with Crippen molar-refractivity contribution < 1.29 is 13.2 Å². The maximum absolute atomic E-state index is 12.1. The van der Waals surface area contributed by atoms with E-state index in [-0.39, 0.29) is 5.75 Å². The van der Waals surface area contributed by atoms with Gasteiger partial charge in [-0.1, -0.05) is 36.4 Å². The van der Waals surface area contributed by atoms with E-state index in [1.54, 1.807) is 31.4 Å². The first-order valence-corrected chi connectivity index (χ1v) is 8.30. The molecule has 5 heteroatoms. The SMILES string of the molecule is COc1cccc(CS(=O)(=O)NCc2ccccc2C)c1. The van der Waals surface area contributed by atoms with Crippen molar-refractivity contribution >= 4 is 10.0 Å². The van der Waals surface area contributed by atoms with Crippen LogP contribution in [-0.2, 0) is 22.3 Å². The molecule has 0 spiro atoms. The van der Waals surface area contributed by atoms with Gasteiger partial charge in [0.1, 0.15) is 5.75 Å². The minimum Gasteiger partial charge on any atom is -0.497 e. The summed E-state index contributed by atoms with van der Waals surface area (Å²) in [4.78, 5) is 0. The topological polar surface area (TPSA) is 55.4 Å². The molecule has 2 aromatic carbocycles. The highest BCUT2D eigenvalue weighted by Gasteiger charge is 2.12. The maximum Gasteiger partial charge on any atom is 0.216 e. The average Bonchev–Trinajstić information content (AvgIpc) is 2.46. The minimum atomic E-state index is -3.38. The van der Waals surface area contributed by atoms with Crippen LogP contribution in [0, 0.1) is 6.92 Å². The highest BCUT2D eigenvalue weighted by atomic mass is 32.2. The average molecular weight is 305 g/mol. The van der Waals surface area contributed by atoms with Gasteiger partial charge in [-0.05, 0) is 35.7 Å². The van der Waals surface area contributed by atoms with Gasteiger partial charge in [0, 0.05) is 6.54 Å². The van der Waals surface area contributed by atoms with Gasteiger partial charge in [0.05, 0.1) is 12.9 Å². The van der Waals surface area contributed by atoms with E-state index in [0.29, 0.717) is 17.9 Å². The molecule has 0 radical (unpaired) electrons. The second kappa shape index (κ2) is 6.74. The molecular weight excluding hydrogens is 286 g/mol. The van der Waals surface area contributed by atoms with E-state index in [1.807, 2.05) is 31.2 Å². The number of ether oxygens (including phenoxy) is 1. The van der Waals surface area contributed by atoms with Crippen molar-refractivity contribution in [3.05, 3.63) is 65.2 Å². The van der Waals surface area contributed by atoms with Crippen LogP contribution in [0.15, 0.2) is 48.5 Å². The normalized spacial score (nSPS) is 11.3. The Morgan fingerprint density at radius 3 is 2.57 bits per heavy atom. The van der Waals surface area contributed by atoms with E-state index in [2.05, 4.69) is 4.72 Å². The van der Waals surface area contributed by atoms with E-state index >= 15 is 0 Å². The van der Waals surface area contributed by atoms with E-state index < -0.39 is 10.0 Å². The number of hydrogen-bond acceptors (Lipinski definition) is 3. The summed E-state index contributed by atoms with van der Waals surface area (Å²) in [7, 11) is -1.82. The summed E-state index contributed by atoms with van der Waals surface area (Å²) in [5, 5.41) is 0.